The summed E-state index contributed by atoms with van der Waals surface area (Å²) in [6.45, 7) is 4.75. The first-order valence-electron chi connectivity index (χ1n) is 10.7. The SMILES string of the molecule is Cc1c(C(=O)N2CCCCCC2)sc2ncnc(NC[C@@H]3C[C@H]4C=C[C@@H]3C4)c12. The van der Waals surface area contributed by atoms with Crippen LogP contribution in [0.5, 0.6) is 0 Å². The molecule has 2 bridgehead atoms. The molecule has 1 N–H and O–H groups in total. The fourth-order valence-corrected chi connectivity index (χ4v) is 6.30. The highest BCUT2D eigenvalue weighted by molar-refractivity contribution is 7.20. The molecule has 3 heterocycles. The van der Waals surface area contributed by atoms with Gasteiger partial charge in [0.05, 0.1) is 10.3 Å². The van der Waals surface area contributed by atoms with E-state index in [1.165, 1.54) is 37.0 Å². The molecule has 0 unspecified atom stereocenters. The second kappa shape index (κ2) is 7.47. The standard InChI is InChI=1S/C22H28N4OS/c1-14-18-20(23-12-17-11-15-6-7-16(17)10-15)24-13-25-21(18)28-19(14)22(27)26-8-4-2-3-5-9-26/h6-7,13,15-17H,2-5,8-12H2,1H3,(H,23,24,25)/t15-,16+,17-/m0/s1. The van der Waals surface area contributed by atoms with E-state index in [2.05, 4.69) is 34.4 Å². The van der Waals surface area contributed by atoms with Crippen LogP contribution in [0, 0.1) is 24.7 Å². The molecular formula is C22H28N4OS. The van der Waals surface area contributed by atoms with Crippen LogP contribution in [0.2, 0.25) is 0 Å². The summed E-state index contributed by atoms with van der Waals surface area (Å²) in [5, 5.41) is 4.63. The highest BCUT2D eigenvalue weighted by Gasteiger charge is 2.35. The molecule has 1 saturated heterocycles. The predicted octanol–water partition coefficient (Wildman–Crippen LogP) is 4.64. The van der Waals surface area contributed by atoms with E-state index in [0.29, 0.717) is 5.92 Å². The van der Waals surface area contributed by atoms with Crippen LogP contribution in [0.3, 0.4) is 0 Å². The minimum atomic E-state index is 0.173. The van der Waals surface area contributed by atoms with Crippen LogP contribution in [0.4, 0.5) is 5.82 Å². The first-order chi connectivity index (χ1) is 13.7. The number of rotatable bonds is 4. The number of hydrogen-bond acceptors (Lipinski definition) is 5. The molecule has 6 heteroatoms. The fraction of sp³-hybridized carbons (Fsp3) is 0.591. The van der Waals surface area contributed by atoms with Crippen molar-refractivity contribution in [2.24, 2.45) is 17.8 Å². The molecule has 2 fully saturated rings. The van der Waals surface area contributed by atoms with Crippen LogP contribution in [-0.4, -0.2) is 40.4 Å². The van der Waals surface area contributed by atoms with Gasteiger partial charge in [-0.3, -0.25) is 4.79 Å². The van der Waals surface area contributed by atoms with Crippen molar-refractivity contribution in [2.75, 3.05) is 25.0 Å². The Bertz CT molecular complexity index is 913. The van der Waals surface area contributed by atoms with E-state index in [1.54, 1.807) is 6.33 Å². The van der Waals surface area contributed by atoms with Crippen molar-refractivity contribution in [1.29, 1.82) is 0 Å². The van der Waals surface area contributed by atoms with E-state index in [9.17, 15) is 4.79 Å². The zero-order valence-electron chi connectivity index (χ0n) is 16.5. The van der Waals surface area contributed by atoms with Gasteiger partial charge in [-0.15, -0.1) is 11.3 Å². The third-order valence-electron chi connectivity index (χ3n) is 6.76. The maximum atomic E-state index is 13.2. The number of aryl methyl sites for hydroxylation is 1. The normalized spacial score (nSPS) is 26.8. The first kappa shape index (κ1) is 18.1. The number of amides is 1. The number of thiophene rings is 1. The van der Waals surface area contributed by atoms with E-state index in [1.807, 2.05) is 4.90 Å². The number of anilines is 1. The van der Waals surface area contributed by atoms with Crippen molar-refractivity contribution in [3.8, 4) is 0 Å². The van der Waals surface area contributed by atoms with Crippen molar-refractivity contribution >= 4 is 33.3 Å². The summed E-state index contributed by atoms with van der Waals surface area (Å²) in [7, 11) is 0. The summed E-state index contributed by atoms with van der Waals surface area (Å²) < 4.78 is 0. The molecule has 5 rings (SSSR count). The predicted molar refractivity (Wildman–Crippen MR) is 114 cm³/mol. The van der Waals surface area contributed by atoms with Crippen LogP contribution in [0.15, 0.2) is 18.5 Å². The van der Waals surface area contributed by atoms with Gasteiger partial charge in [0.25, 0.3) is 5.91 Å². The van der Waals surface area contributed by atoms with E-state index >= 15 is 0 Å². The lowest BCUT2D eigenvalue weighted by Gasteiger charge is -2.20. The Hall–Kier alpha value is -1.95. The van der Waals surface area contributed by atoms with Gasteiger partial charge in [-0.2, -0.15) is 0 Å². The fourth-order valence-electron chi connectivity index (χ4n) is 5.18. The molecule has 2 aromatic rings. The van der Waals surface area contributed by atoms with Gasteiger partial charge in [0.2, 0.25) is 0 Å². The van der Waals surface area contributed by atoms with Gasteiger partial charge in [0.15, 0.2) is 0 Å². The van der Waals surface area contributed by atoms with Crippen LogP contribution >= 0.6 is 11.3 Å². The van der Waals surface area contributed by atoms with Crippen LogP contribution in [0.1, 0.15) is 53.8 Å². The van der Waals surface area contributed by atoms with E-state index in [0.717, 1.165) is 70.8 Å². The molecule has 0 aromatic carbocycles. The summed E-state index contributed by atoms with van der Waals surface area (Å²) in [6, 6.07) is 0. The van der Waals surface area contributed by atoms with Gasteiger partial charge >= 0.3 is 0 Å². The molecule has 28 heavy (non-hydrogen) atoms. The number of hydrogen-bond donors (Lipinski definition) is 1. The van der Waals surface area contributed by atoms with Crippen LogP contribution in [-0.2, 0) is 0 Å². The van der Waals surface area contributed by atoms with Crippen LogP contribution in [0.25, 0.3) is 10.2 Å². The highest BCUT2D eigenvalue weighted by Crippen LogP contribution is 2.43. The van der Waals surface area contributed by atoms with Crippen molar-refractivity contribution < 1.29 is 4.79 Å². The van der Waals surface area contributed by atoms with Crippen molar-refractivity contribution in [3.05, 3.63) is 28.9 Å². The number of carbonyl (C=O) groups excluding carboxylic acids is 1. The topological polar surface area (TPSA) is 58.1 Å². The maximum absolute atomic E-state index is 13.2. The second-order valence-corrected chi connectivity index (χ2v) is 9.59. The maximum Gasteiger partial charge on any atom is 0.264 e. The number of fused-ring (bicyclic) bond motifs is 3. The largest absolute Gasteiger partial charge is 0.369 e. The Kier molecular flexibility index (Phi) is 4.83. The molecular weight excluding hydrogens is 368 g/mol. The lowest BCUT2D eigenvalue weighted by Crippen LogP contribution is -2.31. The molecule has 0 radical (unpaired) electrons. The summed E-state index contributed by atoms with van der Waals surface area (Å²) in [5.41, 5.74) is 1.03. The average molecular weight is 397 g/mol. The number of allylic oxidation sites excluding steroid dienone is 2. The third-order valence-corrected chi connectivity index (χ3v) is 7.95. The monoisotopic (exact) mass is 396 g/mol. The molecule has 1 saturated carbocycles. The molecule has 148 valence electrons. The molecule has 1 amide bonds. The minimum Gasteiger partial charge on any atom is -0.369 e. The zero-order valence-corrected chi connectivity index (χ0v) is 17.3. The van der Waals surface area contributed by atoms with Gasteiger partial charge in [0.1, 0.15) is 17.0 Å². The highest BCUT2D eigenvalue weighted by atomic mass is 32.1. The Morgan fingerprint density at radius 3 is 2.71 bits per heavy atom. The van der Waals surface area contributed by atoms with Gasteiger partial charge in [0, 0.05) is 19.6 Å². The number of nitrogens with zero attached hydrogens (tertiary/aromatic N) is 3. The minimum absolute atomic E-state index is 0.173. The molecule has 0 spiro atoms. The number of nitrogens with one attached hydrogen (secondary N) is 1. The van der Waals surface area contributed by atoms with E-state index in [4.69, 9.17) is 0 Å². The summed E-state index contributed by atoms with van der Waals surface area (Å²) in [5.74, 6) is 3.26. The van der Waals surface area contributed by atoms with Gasteiger partial charge in [-0.25, -0.2) is 9.97 Å². The molecule has 3 atom stereocenters. The number of likely N-dealkylation sites (tertiary alicyclic amines) is 1. The average Bonchev–Trinajstić information content (AvgIpc) is 3.35. The lowest BCUT2D eigenvalue weighted by molar-refractivity contribution is 0.0766. The molecule has 5 nitrogen and oxygen atoms in total. The Morgan fingerprint density at radius 1 is 1.18 bits per heavy atom. The summed E-state index contributed by atoms with van der Waals surface area (Å²) in [6.07, 6.45) is 13.7. The number of carbonyl (C=O) groups is 1. The number of aromatic nitrogens is 2. The summed E-state index contributed by atoms with van der Waals surface area (Å²) in [4.78, 5) is 26.0. The molecule has 3 aliphatic rings. The molecule has 2 aliphatic carbocycles. The van der Waals surface area contributed by atoms with Crippen molar-refractivity contribution in [1.82, 2.24) is 14.9 Å². The Labute approximate surface area is 170 Å². The molecule has 1 aliphatic heterocycles. The van der Waals surface area contributed by atoms with Crippen LogP contribution < -0.4 is 5.32 Å². The Morgan fingerprint density at radius 2 is 2.00 bits per heavy atom. The summed E-state index contributed by atoms with van der Waals surface area (Å²) >= 11 is 1.52. The first-order valence-corrected chi connectivity index (χ1v) is 11.5. The molecule has 2 aromatic heterocycles. The van der Waals surface area contributed by atoms with E-state index < -0.39 is 0 Å². The lowest BCUT2D eigenvalue weighted by atomic mass is 9.93. The quantitative estimate of drug-likeness (QED) is 0.765. The van der Waals surface area contributed by atoms with Crippen molar-refractivity contribution in [2.45, 2.75) is 45.4 Å². The van der Waals surface area contributed by atoms with Gasteiger partial charge in [-0.1, -0.05) is 25.0 Å². The second-order valence-electron chi connectivity index (χ2n) is 8.59. The third kappa shape index (κ3) is 3.21. The van der Waals surface area contributed by atoms with Gasteiger partial charge in [-0.05, 0) is 55.9 Å². The Balaban J connectivity index is 1.38. The van der Waals surface area contributed by atoms with Gasteiger partial charge < -0.3 is 10.2 Å². The zero-order chi connectivity index (χ0) is 19.1. The smallest absolute Gasteiger partial charge is 0.264 e. The van der Waals surface area contributed by atoms with Crippen molar-refractivity contribution in [3.63, 3.8) is 0 Å². The van der Waals surface area contributed by atoms with E-state index in [-0.39, 0.29) is 5.91 Å².